The van der Waals surface area contributed by atoms with Gasteiger partial charge in [0.05, 0.1) is 6.61 Å². The predicted molar refractivity (Wildman–Crippen MR) is 69.7 cm³/mol. The van der Waals surface area contributed by atoms with Crippen molar-refractivity contribution in [2.75, 3.05) is 6.61 Å². The van der Waals surface area contributed by atoms with Gasteiger partial charge in [-0.25, -0.2) is 0 Å². The molecule has 0 saturated carbocycles. The largest absolute Gasteiger partial charge is 0.465 e. The summed E-state index contributed by atoms with van der Waals surface area (Å²) in [7, 11) is 0. The van der Waals surface area contributed by atoms with Crippen LogP contribution in [-0.2, 0) is 21.1 Å². The van der Waals surface area contributed by atoms with Crippen LogP contribution in [0.3, 0.4) is 0 Å². The number of carbonyl (C=O) groups is 1. The lowest BCUT2D eigenvalue weighted by Gasteiger charge is -2.17. The molecule has 0 aliphatic carbocycles. The van der Waals surface area contributed by atoms with Crippen LogP contribution in [0, 0.1) is 6.92 Å². The smallest absolute Gasteiger partial charge is 0.335 e. The maximum atomic E-state index is 11.3. The van der Waals surface area contributed by atoms with E-state index in [-0.39, 0.29) is 6.61 Å². The first-order valence-corrected chi connectivity index (χ1v) is 6.23. The molecule has 19 heavy (non-hydrogen) atoms. The Morgan fingerprint density at radius 3 is 2.26 bits per heavy atom. The first kappa shape index (κ1) is 17.4. The van der Waals surface area contributed by atoms with Gasteiger partial charge >= 0.3 is 17.5 Å². The van der Waals surface area contributed by atoms with Crippen LogP contribution in [0.4, 0.5) is 0 Å². The van der Waals surface area contributed by atoms with Crippen LogP contribution in [0.1, 0.15) is 24.2 Å². The fraction of sp³-hybridized carbons (Fsp3) is 0.417. The number of carbonyl (C=O) groups excluding carboxylic acids is 1. The van der Waals surface area contributed by atoms with Crippen molar-refractivity contribution in [2.24, 2.45) is 5.73 Å². The second kappa shape index (κ2) is 9.37. The number of aliphatic hydroxyl groups is 1. The molecule has 1 aromatic carbocycles. The average Bonchev–Trinajstić information content (AvgIpc) is 2.39. The van der Waals surface area contributed by atoms with Gasteiger partial charge in [-0.15, -0.1) is 0 Å². The van der Waals surface area contributed by atoms with Gasteiger partial charge in [-0.3, -0.25) is 4.79 Å². The van der Waals surface area contributed by atoms with Gasteiger partial charge in [0.25, 0.3) is 0 Å². The molecule has 0 amide bonds. The Bertz CT molecular complexity index is 428. The molecule has 0 radical (unpaired) electrons. The summed E-state index contributed by atoms with van der Waals surface area (Å²) in [6.07, 6.45) is -1.03. The molecule has 1 rings (SSSR count). The number of benzene rings is 1. The highest BCUT2D eigenvalue weighted by Crippen LogP contribution is 2.17. The Balaban J connectivity index is 0.000000982. The van der Waals surface area contributed by atoms with Gasteiger partial charge in [-0.05, 0) is 19.4 Å². The van der Waals surface area contributed by atoms with Gasteiger partial charge in [0.15, 0.2) is 0 Å². The van der Waals surface area contributed by atoms with E-state index in [1.165, 1.54) is 0 Å². The number of hydrogen-bond donors (Lipinski definition) is 2. The van der Waals surface area contributed by atoms with Gasteiger partial charge < -0.3 is 15.6 Å². The van der Waals surface area contributed by atoms with Crippen molar-refractivity contribution in [1.82, 2.24) is 0 Å². The zero-order valence-corrected chi connectivity index (χ0v) is 11.6. The van der Waals surface area contributed by atoms with E-state index in [1.807, 2.05) is 19.1 Å². The lowest BCUT2D eigenvalue weighted by molar-refractivity contribution is -0.147. The fourth-order valence-corrected chi connectivity index (χ4v) is 1.34. The zero-order chi connectivity index (χ0) is 14.8. The summed E-state index contributed by atoms with van der Waals surface area (Å²) < 4.78 is 21.3. The minimum Gasteiger partial charge on any atom is -0.465 e. The SMILES string of the molecule is CCOC(=O)[C@@H](N)[C@H](O)c1ccc(C)cc1.O=S=O. The molecule has 7 heteroatoms. The summed E-state index contributed by atoms with van der Waals surface area (Å²) in [5.41, 5.74) is 7.29. The molecular weight excluding hydrogens is 270 g/mol. The Morgan fingerprint density at radius 2 is 1.84 bits per heavy atom. The third-order valence-electron chi connectivity index (χ3n) is 2.32. The third-order valence-corrected chi connectivity index (χ3v) is 2.32. The number of rotatable bonds is 4. The summed E-state index contributed by atoms with van der Waals surface area (Å²) in [5, 5.41) is 9.85. The molecular formula is C12H17NO5S. The van der Waals surface area contributed by atoms with E-state index in [9.17, 15) is 9.90 Å². The van der Waals surface area contributed by atoms with Crippen molar-refractivity contribution in [2.45, 2.75) is 26.0 Å². The van der Waals surface area contributed by atoms with Crippen LogP contribution >= 0.6 is 0 Å². The van der Waals surface area contributed by atoms with Gasteiger partial charge in [-0.2, -0.15) is 8.42 Å². The minimum atomic E-state index is -1.04. The predicted octanol–water partition coefficient (Wildman–Crippen LogP) is 0.249. The maximum Gasteiger partial charge on any atom is 0.335 e. The monoisotopic (exact) mass is 287 g/mol. The zero-order valence-electron chi connectivity index (χ0n) is 10.7. The van der Waals surface area contributed by atoms with Crippen molar-refractivity contribution in [3.8, 4) is 0 Å². The summed E-state index contributed by atoms with van der Waals surface area (Å²) >= 11 is -0.750. The van der Waals surface area contributed by atoms with Crippen LogP contribution in [-0.4, -0.2) is 32.1 Å². The van der Waals surface area contributed by atoms with Crippen LogP contribution < -0.4 is 5.73 Å². The van der Waals surface area contributed by atoms with E-state index in [1.54, 1.807) is 19.1 Å². The molecule has 0 aliphatic heterocycles. The molecule has 106 valence electrons. The highest BCUT2D eigenvalue weighted by molar-refractivity contribution is 7.51. The molecule has 2 atom stereocenters. The maximum absolute atomic E-state index is 11.3. The van der Waals surface area contributed by atoms with E-state index < -0.39 is 29.7 Å². The molecule has 0 bridgehead atoms. The summed E-state index contributed by atoms with van der Waals surface area (Å²) in [5.74, 6) is -0.587. The number of aryl methyl sites for hydroxylation is 1. The van der Waals surface area contributed by atoms with Gasteiger partial charge in [0.2, 0.25) is 0 Å². The molecule has 0 aromatic heterocycles. The fourth-order valence-electron chi connectivity index (χ4n) is 1.34. The topological polar surface area (TPSA) is 107 Å². The number of esters is 1. The number of nitrogens with two attached hydrogens (primary N) is 1. The Labute approximate surface area is 115 Å². The minimum absolute atomic E-state index is 0.257. The Hall–Kier alpha value is -1.57. The lowest BCUT2D eigenvalue weighted by atomic mass is 10.0. The van der Waals surface area contributed by atoms with Crippen LogP contribution in [0.25, 0.3) is 0 Å². The first-order chi connectivity index (χ1) is 8.97. The molecule has 6 nitrogen and oxygen atoms in total. The normalized spacial score (nSPS) is 12.6. The van der Waals surface area contributed by atoms with Crippen molar-refractivity contribution in [3.05, 3.63) is 35.4 Å². The Kier molecular flexibility index (Phi) is 8.60. The molecule has 3 N–H and O–H groups in total. The van der Waals surface area contributed by atoms with E-state index in [0.29, 0.717) is 5.56 Å². The van der Waals surface area contributed by atoms with Crippen LogP contribution in [0.5, 0.6) is 0 Å². The van der Waals surface area contributed by atoms with Crippen molar-refractivity contribution in [1.29, 1.82) is 0 Å². The van der Waals surface area contributed by atoms with Gasteiger partial charge in [-0.1, -0.05) is 29.8 Å². The van der Waals surface area contributed by atoms with Crippen molar-refractivity contribution in [3.63, 3.8) is 0 Å². The van der Waals surface area contributed by atoms with E-state index >= 15 is 0 Å². The molecule has 0 fully saturated rings. The lowest BCUT2D eigenvalue weighted by Crippen LogP contribution is -2.38. The number of hydrogen-bond acceptors (Lipinski definition) is 6. The first-order valence-electron chi connectivity index (χ1n) is 5.56. The quantitative estimate of drug-likeness (QED) is 0.769. The summed E-state index contributed by atoms with van der Waals surface area (Å²) in [4.78, 5) is 11.3. The van der Waals surface area contributed by atoms with Gasteiger partial charge in [0, 0.05) is 0 Å². The van der Waals surface area contributed by atoms with E-state index in [2.05, 4.69) is 0 Å². The molecule has 0 aliphatic rings. The van der Waals surface area contributed by atoms with Gasteiger partial charge in [0.1, 0.15) is 12.1 Å². The summed E-state index contributed by atoms with van der Waals surface area (Å²) in [6, 6.07) is 6.17. The van der Waals surface area contributed by atoms with Crippen molar-refractivity contribution >= 4 is 17.5 Å². The molecule has 0 saturated heterocycles. The highest BCUT2D eigenvalue weighted by Gasteiger charge is 2.24. The molecule has 1 aromatic rings. The number of aliphatic hydroxyl groups excluding tert-OH is 1. The Morgan fingerprint density at radius 1 is 1.37 bits per heavy atom. The number of ether oxygens (including phenoxy) is 1. The highest BCUT2D eigenvalue weighted by atomic mass is 32.1. The second-order valence-corrected chi connectivity index (χ2v) is 3.84. The summed E-state index contributed by atoms with van der Waals surface area (Å²) in [6.45, 7) is 3.90. The molecule has 0 spiro atoms. The third kappa shape index (κ3) is 6.23. The average molecular weight is 287 g/mol. The standard InChI is InChI=1S/C12H17NO3.O2S/c1-3-16-12(15)10(13)11(14)9-6-4-8(2)5-7-9;1-3-2/h4-7,10-11,14H,3,13H2,1-2H3;/t10-,11+;/m0./s1. The van der Waals surface area contributed by atoms with E-state index in [0.717, 1.165) is 5.56 Å². The molecule has 0 heterocycles. The second-order valence-electron chi connectivity index (χ2n) is 3.70. The van der Waals surface area contributed by atoms with E-state index in [4.69, 9.17) is 18.9 Å². The van der Waals surface area contributed by atoms with Crippen molar-refractivity contribution < 1.29 is 23.1 Å². The van der Waals surface area contributed by atoms with Crippen LogP contribution in [0.15, 0.2) is 24.3 Å². The van der Waals surface area contributed by atoms with Crippen LogP contribution in [0.2, 0.25) is 0 Å². The molecule has 0 unspecified atom stereocenters.